The fourth-order valence-electron chi connectivity index (χ4n) is 2.58. The van der Waals surface area contributed by atoms with Gasteiger partial charge in [-0.3, -0.25) is 0 Å². The first-order chi connectivity index (χ1) is 9.82. The largest absolute Gasteiger partial charge is 0.357 e. The lowest BCUT2D eigenvalue weighted by Crippen LogP contribution is -2.40. The van der Waals surface area contributed by atoms with Crippen molar-refractivity contribution < 1.29 is 8.42 Å². The molecule has 2 rings (SSSR count). The second-order valence-corrected chi connectivity index (χ2v) is 7.97. The van der Waals surface area contributed by atoms with Crippen molar-refractivity contribution >= 4 is 15.8 Å². The van der Waals surface area contributed by atoms with Crippen molar-refractivity contribution in [3.05, 3.63) is 18.3 Å². The highest BCUT2D eigenvalue weighted by molar-refractivity contribution is 7.89. The Balaban J connectivity index is 2.07. The van der Waals surface area contributed by atoms with Gasteiger partial charge in [0.1, 0.15) is 10.7 Å². The minimum Gasteiger partial charge on any atom is -0.357 e. The maximum atomic E-state index is 12.0. The third kappa shape index (κ3) is 3.53. The van der Waals surface area contributed by atoms with E-state index in [0.29, 0.717) is 5.92 Å². The van der Waals surface area contributed by atoms with E-state index in [1.807, 2.05) is 0 Å². The summed E-state index contributed by atoms with van der Waals surface area (Å²) in [5, 5.41) is 0. The lowest BCUT2D eigenvalue weighted by Gasteiger charge is -2.34. The summed E-state index contributed by atoms with van der Waals surface area (Å²) in [7, 11) is -0.377. The van der Waals surface area contributed by atoms with E-state index in [2.05, 4.69) is 16.8 Å². The van der Waals surface area contributed by atoms with E-state index in [1.54, 1.807) is 12.1 Å². The molecule has 1 aliphatic heterocycles. The first-order valence-corrected chi connectivity index (χ1v) is 8.65. The summed E-state index contributed by atoms with van der Waals surface area (Å²) in [6, 6.07) is 3.63. The Bertz CT molecular complexity index is 561. The van der Waals surface area contributed by atoms with Gasteiger partial charge in [0.2, 0.25) is 10.0 Å². The van der Waals surface area contributed by atoms with Crippen molar-refractivity contribution in [3.63, 3.8) is 0 Å². The number of pyridine rings is 1. The van der Waals surface area contributed by atoms with E-state index in [-0.39, 0.29) is 10.9 Å². The zero-order valence-electron chi connectivity index (χ0n) is 12.9. The lowest BCUT2D eigenvalue weighted by atomic mass is 9.91. The van der Waals surface area contributed by atoms with Gasteiger partial charge in [0.25, 0.3) is 0 Å². The van der Waals surface area contributed by atoms with Gasteiger partial charge in [-0.05, 0) is 37.8 Å². The molecular formula is C14H24N4O2S. The van der Waals surface area contributed by atoms with Crippen LogP contribution in [0.4, 0.5) is 5.82 Å². The summed E-state index contributed by atoms with van der Waals surface area (Å²) in [6.07, 6.45) is 3.54. The molecule has 1 aromatic heterocycles. The standard InChI is InChI=1S/C14H24N4O2S/c1-11(15)12-6-8-18(9-7-12)14-5-4-13(10-16-14)21(19,20)17(2)3/h4-5,10-12H,6-9,15H2,1-3H3. The summed E-state index contributed by atoms with van der Waals surface area (Å²) in [6.45, 7) is 3.89. The maximum Gasteiger partial charge on any atom is 0.244 e. The monoisotopic (exact) mass is 312 g/mol. The van der Waals surface area contributed by atoms with Gasteiger partial charge in [-0.2, -0.15) is 0 Å². The van der Waals surface area contributed by atoms with Crippen LogP contribution < -0.4 is 10.6 Å². The highest BCUT2D eigenvalue weighted by atomic mass is 32.2. The molecule has 0 aliphatic carbocycles. The van der Waals surface area contributed by atoms with Crippen LogP contribution in [-0.4, -0.2) is 50.9 Å². The lowest BCUT2D eigenvalue weighted by molar-refractivity contribution is 0.353. The molecule has 21 heavy (non-hydrogen) atoms. The second-order valence-electron chi connectivity index (χ2n) is 5.82. The number of anilines is 1. The Morgan fingerprint density at radius 3 is 2.38 bits per heavy atom. The average Bonchev–Trinajstić information content (AvgIpc) is 2.47. The summed E-state index contributed by atoms with van der Waals surface area (Å²) < 4.78 is 25.2. The number of sulfonamides is 1. The number of rotatable bonds is 4. The molecule has 0 bridgehead atoms. The van der Waals surface area contributed by atoms with E-state index >= 15 is 0 Å². The Hall–Kier alpha value is -1.18. The van der Waals surface area contributed by atoms with Gasteiger partial charge < -0.3 is 10.6 Å². The van der Waals surface area contributed by atoms with E-state index in [0.717, 1.165) is 31.7 Å². The van der Waals surface area contributed by atoms with Crippen LogP contribution in [0.1, 0.15) is 19.8 Å². The van der Waals surface area contributed by atoms with Crippen LogP contribution in [0.25, 0.3) is 0 Å². The summed E-state index contributed by atoms with van der Waals surface area (Å²) >= 11 is 0. The van der Waals surface area contributed by atoms with Gasteiger partial charge in [-0.25, -0.2) is 17.7 Å². The normalized spacial score (nSPS) is 19.0. The van der Waals surface area contributed by atoms with Gasteiger partial charge in [0.15, 0.2) is 0 Å². The van der Waals surface area contributed by atoms with Crippen LogP contribution in [-0.2, 0) is 10.0 Å². The number of hydrogen-bond donors (Lipinski definition) is 1. The predicted molar refractivity (Wildman–Crippen MR) is 83.7 cm³/mol. The van der Waals surface area contributed by atoms with Crippen LogP contribution in [0.5, 0.6) is 0 Å². The van der Waals surface area contributed by atoms with E-state index in [4.69, 9.17) is 5.73 Å². The second kappa shape index (κ2) is 6.29. The number of aromatic nitrogens is 1. The van der Waals surface area contributed by atoms with Crippen LogP contribution in [0, 0.1) is 5.92 Å². The molecule has 6 nitrogen and oxygen atoms in total. The van der Waals surface area contributed by atoms with Crippen LogP contribution >= 0.6 is 0 Å². The number of nitrogens with zero attached hydrogens (tertiary/aromatic N) is 3. The molecule has 1 saturated heterocycles. The molecule has 0 amide bonds. The SMILES string of the molecule is CC(N)C1CCN(c2ccc(S(=O)(=O)N(C)C)cn2)CC1. The molecule has 2 heterocycles. The molecule has 0 aromatic carbocycles. The van der Waals surface area contributed by atoms with E-state index in [9.17, 15) is 8.42 Å². The van der Waals surface area contributed by atoms with Gasteiger partial charge in [0, 0.05) is 39.4 Å². The van der Waals surface area contributed by atoms with Crippen LogP contribution in [0.2, 0.25) is 0 Å². The Morgan fingerprint density at radius 2 is 1.95 bits per heavy atom. The van der Waals surface area contributed by atoms with Gasteiger partial charge in [-0.1, -0.05) is 0 Å². The molecule has 1 unspecified atom stereocenters. The van der Waals surface area contributed by atoms with Crippen LogP contribution in [0.15, 0.2) is 23.2 Å². The van der Waals surface area contributed by atoms with Crippen molar-refractivity contribution in [3.8, 4) is 0 Å². The van der Waals surface area contributed by atoms with Crippen molar-refractivity contribution in [2.24, 2.45) is 11.7 Å². The molecule has 7 heteroatoms. The van der Waals surface area contributed by atoms with Gasteiger partial charge >= 0.3 is 0 Å². The number of hydrogen-bond acceptors (Lipinski definition) is 5. The molecule has 0 radical (unpaired) electrons. The van der Waals surface area contributed by atoms with Crippen molar-refractivity contribution in [1.29, 1.82) is 0 Å². The van der Waals surface area contributed by atoms with Gasteiger partial charge in [-0.15, -0.1) is 0 Å². The third-order valence-electron chi connectivity index (χ3n) is 4.11. The first-order valence-electron chi connectivity index (χ1n) is 7.21. The molecular weight excluding hydrogens is 288 g/mol. The molecule has 1 aromatic rings. The number of piperidine rings is 1. The van der Waals surface area contributed by atoms with Gasteiger partial charge in [0.05, 0.1) is 0 Å². The minimum absolute atomic E-state index is 0.224. The number of nitrogens with two attached hydrogens (primary N) is 1. The highest BCUT2D eigenvalue weighted by Crippen LogP contribution is 2.24. The zero-order chi connectivity index (χ0) is 15.6. The molecule has 0 saturated carbocycles. The summed E-state index contributed by atoms with van der Waals surface area (Å²) in [4.78, 5) is 6.72. The molecule has 1 atom stereocenters. The fraction of sp³-hybridized carbons (Fsp3) is 0.643. The molecule has 1 fully saturated rings. The van der Waals surface area contributed by atoms with E-state index in [1.165, 1.54) is 24.6 Å². The maximum absolute atomic E-state index is 12.0. The smallest absolute Gasteiger partial charge is 0.244 e. The Labute approximate surface area is 127 Å². The Morgan fingerprint density at radius 1 is 1.33 bits per heavy atom. The molecule has 2 N–H and O–H groups in total. The third-order valence-corrected chi connectivity index (χ3v) is 5.91. The van der Waals surface area contributed by atoms with E-state index < -0.39 is 10.0 Å². The fourth-order valence-corrected chi connectivity index (χ4v) is 3.42. The minimum atomic E-state index is -3.41. The van der Waals surface area contributed by atoms with Crippen LogP contribution in [0.3, 0.4) is 0 Å². The highest BCUT2D eigenvalue weighted by Gasteiger charge is 2.23. The summed E-state index contributed by atoms with van der Waals surface area (Å²) in [5.74, 6) is 1.39. The molecule has 1 aliphatic rings. The van der Waals surface area contributed by atoms with Crippen molar-refractivity contribution in [1.82, 2.24) is 9.29 Å². The average molecular weight is 312 g/mol. The predicted octanol–water partition coefficient (Wildman–Crippen LogP) is 0.895. The van der Waals surface area contributed by atoms with Crippen molar-refractivity contribution in [2.75, 3.05) is 32.1 Å². The first kappa shape index (κ1) is 16.2. The quantitative estimate of drug-likeness (QED) is 0.893. The Kier molecular flexibility index (Phi) is 4.85. The zero-order valence-corrected chi connectivity index (χ0v) is 13.7. The molecule has 118 valence electrons. The van der Waals surface area contributed by atoms with Crippen molar-refractivity contribution in [2.45, 2.75) is 30.7 Å². The molecule has 0 spiro atoms. The summed E-state index contributed by atoms with van der Waals surface area (Å²) in [5.41, 5.74) is 5.94. The topological polar surface area (TPSA) is 79.5 Å².